The zero-order valence-corrected chi connectivity index (χ0v) is 16.3. The predicted octanol–water partition coefficient (Wildman–Crippen LogP) is 5.13. The molecule has 0 fully saturated rings. The van der Waals surface area contributed by atoms with E-state index in [9.17, 15) is 0 Å². The second-order valence-electron chi connectivity index (χ2n) is 5.76. The van der Waals surface area contributed by atoms with Crippen LogP contribution in [0.5, 0.6) is 5.75 Å². The fraction of sp³-hybridized carbons (Fsp3) is 0.150. The van der Waals surface area contributed by atoms with Crippen molar-refractivity contribution in [3.05, 3.63) is 64.4 Å². The van der Waals surface area contributed by atoms with Crippen LogP contribution in [-0.2, 0) is 6.54 Å². The van der Waals surface area contributed by atoms with Gasteiger partial charge in [-0.05, 0) is 78.0 Å². The molecule has 0 saturated heterocycles. The van der Waals surface area contributed by atoms with Crippen LogP contribution < -0.4 is 4.74 Å². The molecular weight excluding hydrogens is 425 g/mol. The molecule has 0 N–H and O–H groups in total. The molecule has 0 aliphatic heterocycles. The summed E-state index contributed by atoms with van der Waals surface area (Å²) in [5, 5.41) is 0. The summed E-state index contributed by atoms with van der Waals surface area (Å²) in [6.07, 6.45) is 2.10. The van der Waals surface area contributed by atoms with Crippen LogP contribution in [0.1, 0.15) is 6.92 Å². The summed E-state index contributed by atoms with van der Waals surface area (Å²) in [5.41, 5.74) is 4.32. The molecule has 0 atom stereocenters. The molecule has 25 heavy (non-hydrogen) atoms. The van der Waals surface area contributed by atoms with Crippen molar-refractivity contribution in [3.8, 4) is 23.0 Å². The molecule has 2 aromatic heterocycles. The van der Waals surface area contributed by atoms with Crippen LogP contribution in [0.3, 0.4) is 0 Å². The Morgan fingerprint density at radius 2 is 1.84 bits per heavy atom. The number of methoxy groups -OCH3 is 1. The molecule has 4 aromatic rings. The van der Waals surface area contributed by atoms with E-state index in [0.29, 0.717) is 0 Å². The zero-order chi connectivity index (χ0) is 17.4. The van der Waals surface area contributed by atoms with Gasteiger partial charge in [0, 0.05) is 22.0 Å². The van der Waals surface area contributed by atoms with Gasteiger partial charge in [-0.1, -0.05) is 6.07 Å². The summed E-state index contributed by atoms with van der Waals surface area (Å²) in [5.74, 6) is 1.80. The molecule has 4 rings (SSSR count). The summed E-state index contributed by atoms with van der Waals surface area (Å²) in [6.45, 7) is 3.05. The largest absolute Gasteiger partial charge is 0.497 e. The van der Waals surface area contributed by atoms with Gasteiger partial charge in [0.25, 0.3) is 0 Å². The first-order chi connectivity index (χ1) is 12.2. The molecule has 0 unspecified atom stereocenters. The highest BCUT2D eigenvalue weighted by molar-refractivity contribution is 14.1. The van der Waals surface area contributed by atoms with Crippen molar-refractivity contribution in [2.45, 2.75) is 13.5 Å². The third kappa shape index (κ3) is 2.72. The minimum absolute atomic E-state index is 0.848. The molecule has 0 aliphatic carbocycles. The van der Waals surface area contributed by atoms with Crippen molar-refractivity contribution in [1.82, 2.24) is 14.1 Å². The third-order valence-corrected chi connectivity index (χ3v) is 5.24. The quantitative estimate of drug-likeness (QED) is 0.410. The second-order valence-corrected chi connectivity index (χ2v) is 6.92. The van der Waals surface area contributed by atoms with E-state index in [1.54, 1.807) is 7.11 Å². The van der Waals surface area contributed by atoms with Gasteiger partial charge in [0.05, 0.1) is 18.3 Å². The van der Waals surface area contributed by atoms with Crippen molar-refractivity contribution >= 4 is 33.6 Å². The highest BCUT2D eigenvalue weighted by atomic mass is 127. The number of para-hydroxylation sites is 1. The Morgan fingerprint density at radius 1 is 1.04 bits per heavy atom. The molecule has 0 bridgehead atoms. The summed E-state index contributed by atoms with van der Waals surface area (Å²) >= 11 is 2.35. The third-order valence-electron chi connectivity index (χ3n) is 4.37. The number of hydrogen-bond donors (Lipinski definition) is 0. The molecule has 0 amide bonds. The minimum Gasteiger partial charge on any atom is -0.497 e. The van der Waals surface area contributed by atoms with Gasteiger partial charge in [-0.25, -0.2) is 4.98 Å². The number of aryl methyl sites for hydroxylation is 1. The molecule has 0 spiro atoms. The molecule has 5 heteroatoms. The lowest BCUT2D eigenvalue weighted by atomic mass is 10.2. The zero-order valence-electron chi connectivity index (χ0n) is 14.1. The molecular formula is C20H18IN3O. The van der Waals surface area contributed by atoms with Crippen LogP contribution in [0.15, 0.2) is 60.8 Å². The number of rotatable bonds is 4. The number of ether oxygens (including phenoxy) is 1. The number of hydrogen-bond acceptors (Lipinski definition) is 2. The molecule has 126 valence electrons. The molecule has 2 aromatic carbocycles. The van der Waals surface area contributed by atoms with Crippen molar-refractivity contribution in [2.75, 3.05) is 7.11 Å². The average Bonchev–Trinajstić information content (AvgIpc) is 3.26. The Labute approximate surface area is 160 Å². The van der Waals surface area contributed by atoms with Crippen LogP contribution in [-0.4, -0.2) is 21.2 Å². The van der Waals surface area contributed by atoms with Crippen LogP contribution in [0, 0.1) is 3.57 Å². The van der Waals surface area contributed by atoms with E-state index in [-0.39, 0.29) is 0 Å². The van der Waals surface area contributed by atoms with Crippen molar-refractivity contribution in [2.24, 2.45) is 0 Å². The molecule has 0 saturated carbocycles. The predicted molar refractivity (Wildman–Crippen MR) is 109 cm³/mol. The Morgan fingerprint density at radius 3 is 2.56 bits per heavy atom. The first kappa shape index (κ1) is 16.2. The standard InChI is InChI=1S/C20H18IN3O/c1-3-23-13-5-8-18(23)20-22-19-16(21)6-4-7-17(19)24(20)14-9-11-15(25-2)12-10-14/h4-13H,3H2,1-2H3. The maximum absolute atomic E-state index is 5.30. The molecule has 0 radical (unpaired) electrons. The molecule has 0 aliphatic rings. The van der Waals surface area contributed by atoms with E-state index < -0.39 is 0 Å². The van der Waals surface area contributed by atoms with E-state index in [1.165, 1.54) is 0 Å². The van der Waals surface area contributed by atoms with Gasteiger partial charge in [-0.15, -0.1) is 0 Å². The first-order valence-electron chi connectivity index (χ1n) is 8.20. The van der Waals surface area contributed by atoms with Gasteiger partial charge in [-0.2, -0.15) is 0 Å². The van der Waals surface area contributed by atoms with Gasteiger partial charge < -0.3 is 9.30 Å². The topological polar surface area (TPSA) is 32.0 Å². The normalized spacial score (nSPS) is 11.2. The van der Waals surface area contributed by atoms with Gasteiger partial charge in [-0.3, -0.25) is 4.57 Å². The van der Waals surface area contributed by atoms with Gasteiger partial charge >= 0.3 is 0 Å². The number of halogens is 1. The monoisotopic (exact) mass is 443 g/mol. The summed E-state index contributed by atoms with van der Waals surface area (Å²) in [6, 6.07) is 18.6. The number of fused-ring (bicyclic) bond motifs is 1. The summed E-state index contributed by atoms with van der Waals surface area (Å²) in [7, 11) is 1.68. The summed E-state index contributed by atoms with van der Waals surface area (Å²) in [4.78, 5) is 4.99. The maximum Gasteiger partial charge on any atom is 0.162 e. The van der Waals surface area contributed by atoms with Crippen molar-refractivity contribution < 1.29 is 4.74 Å². The lowest BCUT2D eigenvalue weighted by Crippen LogP contribution is -2.02. The van der Waals surface area contributed by atoms with Crippen LogP contribution >= 0.6 is 22.6 Å². The lowest BCUT2D eigenvalue weighted by Gasteiger charge is -2.12. The SMILES string of the molecule is CCn1cccc1-c1nc2c(I)cccc2n1-c1ccc(OC)cc1. The summed E-state index contributed by atoms with van der Waals surface area (Å²) < 4.78 is 10.9. The lowest BCUT2D eigenvalue weighted by molar-refractivity contribution is 0.415. The smallest absolute Gasteiger partial charge is 0.162 e. The fourth-order valence-corrected chi connectivity index (χ4v) is 3.73. The average molecular weight is 443 g/mol. The van der Waals surface area contributed by atoms with E-state index in [2.05, 4.69) is 87.3 Å². The number of aromatic nitrogens is 3. The van der Waals surface area contributed by atoms with Crippen LogP contribution in [0.4, 0.5) is 0 Å². The highest BCUT2D eigenvalue weighted by Gasteiger charge is 2.18. The fourth-order valence-electron chi connectivity index (χ4n) is 3.12. The Bertz CT molecular complexity index is 1030. The van der Waals surface area contributed by atoms with Crippen molar-refractivity contribution in [1.29, 1.82) is 0 Å². The minimum atomic E-state index is 0.848. The van der Waals surface area contributed by atoms with Gasteiger partial charge in [0.15, 0.2) is 5.82 Å². The first-order valence-corrected chi connectivity index (χ1v) is 9.27. The molecule has 4 nitrogen and oxygen atoms in total. The van der Waals surface area contributed by atoms with E-state index in [1.807, 2.05) is 12.1 Å². The van der Waals surface area contributed by atoms with Crippen LogP contribution in [0.2, 0.25) is 0 Å². The molecule has 2 heterocycles. The Hall–Kier alpha value is -2.28. The van der Waals surface area contributed by atoms with Crippen molar-refractivity contribution in [3.63, 3.8) is 0 Å². The van der Waals surface area contributed by atoms with E-state index in [4.69, 9.17) is 9.72 Å². The van der Waals surface area contributed by atoms with Gasteiger partial charge in [0.2, 0.25) is 0 Å². The Kier molecular flexibility index (Phi) is 4.25. The number of benzene rings is 2. The number of nitrogens with zero attached hydrogens (tertiary/aromatic N) is 3. The van der Waals surface area contributed by atoms with Gasteiger partial charge in [0.1, 0.15) is 11.3 Å². The van der Waals surface area contributed by atoms with E-state index in [0.717, 1.165) is 44.1 Å². The van der Waals surface area contributed by atoms with E-state index >= 15 is 0 Å². The number of imidazole rings is 1. The van der Waals surface area contributed by atoms with Crippen LogP contribution in [0.25, 0.3) is 28.2 Å². The Balaban J connectivity index is 2.03. The second kappa shape index (κ2) is 6.55. The maximum atomic E-state index is 5.30. The highest BCUT2D eigenvalue weighted by Crippen LogP contribution is 2.31.